The van der Waals surface area contributed by atoms with Crippen molar-refractivity contribution in [2.24, 2.45) is 0 Å². The van der Waals surface area contributed by atoms with Gasteiger partial charge in [0.1, 0.15) is 12.2 Å². The lowest BCUT2D eigenvalue weighted by molar-refractivity contribution is -0.150. The van der Waals surface area contributed by atoms with E-state index in [9.17, 15) is 4.79 Å². The fourth-order valence-electron chi connectivity index (χ4n) is 2.46. The van der Waals surface area contributed by atoms with Gasteiger partial charge in [-0.2, -0.15) is 0 Å². The number of carbonyl (C=O) groups excluding carboxylic acids is 1. The summed E-state index contributed by atoms with van der Waals surface area (Å²) >= 11 is 0. The summed E-state index contributed by atoms with van der Waals surface area (Å²) in [4.78, 5) is 12.4. The van der Waals surface area contributed by atoms with Gasteiger partial charge in [-0.1, -0.05) is 0 Å². The topological polar surface area (TPSA) is 72.5 Å². The molecule has 7 heteroatoms. The number of esters is 1. The molecule has 0 N–H and O–H groups in total. The maximum absolute atomic E-state index is 12.4. The average Bonchev–Trinajstić information content (AvgIpc) is 2.93. The van der Waals surface area contributed by atoms with Crippen molar-refractivity contribution in [3.05, 3.63) is 17.7 Å². The van der Waals surface area contributed by atoms with Crippen LogP contribution in [0.25, 0.3) is 0 Å². The summed E-state index contributed by atoms with van der Waals surface area (Å²) in [6.07, 6.45) is -0.774. The van der Waals surface area contributed by atoms with Crippen molar-refractivity contribution in [3.8, 4) is 17.2 Å². The molecule has 1 fully saturated rings. The van der Waals surface area contributed by atoms with E-state index in [1.165, 1.54) is 21.3 Å². The van der Waals surface area contributed by atoms with Crippen LogP contribution in [0.1, 0.15) is 31.1 Å². The molecule has 1 saturated heterocycles. The Labute approximate surface area is 141 Å². The van der Waals surface area contributed by atoms with Gasteiger partial charge < -0.3 is 28.4 Å². The second-order valence-electron chi connectivity index (χ2n) is 5.89. The minimum absolute atomic E-state index is 0.300. The molecule has 1 aromatic carbocycles. The molecular weight excluding hydrogens is 316 g/mol. The van der Waals surface area contributed by atoms with Crippen LogP contribution in [0.15, 0.2) is 12.1 Å². The first kappa shape index (κ1) is 18.4. The minimum Gasteiger partial charge on any atom is -0.493 e. The molecule has 0 aromatic heterocycles. The molecule has 1 heterocycles. The van der Waals surface area contributed by atoms with Crippen LogP contribution in [0.3, 0.4) is 0 Å². The zero-order chi connectivity index (χ0) is 17.9. The predicted octanol–water partition coefficient (Wildman–Crippen LogP) is 2.41. The van der Waals surface area contributed by atoms with Crippen molar-refractivity contribution in [1.82, 2.24) is 0 Å². The third-order valence-corrected chi connectivity index (χ3v) is 3.75. The Bertz CT molecular complexity index is 572. The summed E-state index contributed by atoms with van der Waals surface area (Å²) in [7, 11) is 4.47. The third kappa shape index (κ3) is 3.91. The quantitative estimate of drug-likeness (QED) is 0.736. The van der Waals surface area contributed by atoms with Crippen LogP contribution in [-0.4, -0.2) is 51.9 Å². The fraction of sp³-hybridized carbons (Fsp3) is 0.588. The highest BCUT2D eigenvalue weighted by Crippen LogP contribution is 2.38. The van der Waals surface area contributed by atoms with Crippen LogP contribution in [0.4, 0.5) is 0 Å². The zero-order valence-corrected chi connectivity index (χ0v) is 14.9. The fourth-order valence-corrected chi connectivity index (χ4v) is 2.46. The van der Waals surface area contributed by atoms with Gasteiger partial charge in [0.05, 0.1) is 33.5 Å². The number of benzene rings is 1. The summed E-state index contributed by atoms with van der Waals surface area (Å²) in [5.74, 6) is 0.0164. The Hall–Kier alpha value is -1.99. The second kappa shape index (κ2) is 7.27. The average molecular weight is 340 g/mol. The minimum atomic E-state index is -0.669. The molecule has 0 saturated carbocycles. The van der Waals surface area contributed by atoms with E-state index >= 15 is 0 Å². The number of carbonyl (C=O) groups is 1. The molecule has 24 heavy (non-hydrogen) atoms. The SMILES string of the molecule is COc1cc(C(=O)O[C@H](C)C2COC(C)(C)O2)cc(OC)c1OC. The van der Waals surface area contributed by atoms with E-state index < -0.39 is 17.9 Å². The van der Waals surface area contributed by atoms with E-state index in [0.717, 1.165) is 0 Å². The van der Waals surface area contributed by atoms with Crippen molar-refractivity contribution in [2.45, 2.75) is 38.8 Å². The highest BCUT2D eigenvalue weighted by atomic mass is 16.8. The standard InChI is InChI=1S/C17H24O7/c1-10(14-9-22-17(2,3)24-14)23-16(18)11-7-12(19-4)15(21-6)13(8-11)20-5/h7-8,10,14H,9H2,1-6H3/t10-,14?/m1/s1. The summed E-state index contributed by atoms with van der Waals surface area (Å²) < 4.78 is 32.4. The van der Waals surface area contributed by atoms with E-state index in [1.807, 2.05) is 13.8 Å². The highest BCUT2D eigenvalue weighted by Gasteiger charge is 2.37. The molecule has 0 radical (unpaired) electrons. The summed E-state index contributed by atoms with van der Waals surface area (Å²) in [5, 5.41) is 0. The predicted molar refractivity (Wildman–Crippen MR) is 85.9 cm³/mol. The first-order chi connectivity index (χ1) is 11.3. The first-order valence-electron chi connectivity index (χ1n) is 7.64. The Morgan fingerprint density at radius 1 is 1.17 bits per heavy atom. The zero-order valence-electron chi connectivity index (χ0n) is 14.9. The Balaban J connectivity index is 2.15. The van der Waals surface area contributed by atoms with Crippen LogP contribution < -0.4 is 14.2 Å². The maximum Gasteiger partial charge on any atom is 0.338 e. The Kier molecular flexibility index (Phi) is 5.56. The smallest absolute Gasteiger partial charge is 0.338 e. The lowest BCUT2D eigenvalue weighted by Crippen LogP contribution is -2.32. The van der Waals surface area contributed by atoms with Crippen molar-refractivity contribution in [3.63, 3.8) is 0 Å². The van der Waals surface area contributed by atoms with Crippen LogP contribution in [0, 0.1) is 0 Å². The highest BCUT2D eigenvalue weighted by molar-refractivity contribution is 5.91. The van der Waals surface area contributed by atoms with Crippen molar-refractivity contribution in [2.75, 3.05) is 27.9 Å². The van der Waals surface area contributed by atoms with Gasteiger partial charge in [-0.3, -0.25) is 0 Å². The molecule has 7 nitrogen and oxygen atoms in total. The molecule has 2 rings (SSSR count). The molecule has 0 amide bonds. The molecule has 0 bridgehead atoms. The second-order valence-corrected chi connectivity index (χ2v) is 5.89. The Morgan fingerprint density at radius 3 is 2.17 bits per heavy atom. The molecule has 1 aliphatic rings. The van der Waals surface area contributed by atoms with E-state index in [-0.39, 0.29) is 6.10 Å². The molecule has 1 aliphatic heterocycles. The molecular formula is C17H24O7. The van der Waals surface area contributed by atoms with Gasteiger partial charge in [0.2, 0.25) is 5.75 Å². The molecule has 0 spiro atoms. The van der Waals surface area contributed by atoms with E-state index in [2.05, 4.69) is 0 Å². The first-order valence-corrected chi connectivity index (χ1v) is 7.64. The number of hydrogen-bond donors (Lipinski definition) is 0. The van der Waals surface area contributed by atoms with Gasteiger partial charge >= 0.3 is 5.97 Å². The monoisotopic (exact) mass is 340 g/mol. The molecule has 0 aliphatic carbocycles. The summed E-state index contributed by atoms with van der Waals surface area (Å²) in [5.41, 5.74) is 0.300. The van der Waals surface area contributed by atoms with Crippen LogP contribution >= 0.6 is 0 Å². The van der Waals surface area contributed by atoms with Gasteiger partial charge in [-0.15, -0.1) is 0 Å². The van der Waals surface area contributed by atoms with Gasteiger partial charge in [0.15, 0.2) is 17.3 Å². The number of methoxy groups -OCH3 is 3. The Morgan fingerprint density at radius 2 is 1.75 bits per heavy atom. The van der Waals surface area contributed by atoms with Gasteiger partial charge in [-0.25, -0.2) is 4.79 Å². The number of rotatable bonds is 6. The van der Waals surface area contributed by atoms with E-state index in [1.54, 1.807) is 19.1 Å². The number of ether oxygens (including phenoxy) is 6. The number of hydrogen-bond acceptors (Lipinski definition) is 7. The van der Waals surface area contributed by atoms with Crippen molar-refractivity contribution >= 4 is 5.97 Å². The van der Waals surface area contributed by atoms with Gasteiger partial charge in [0, 0.05) is 0 Å². The van der Waals surface area contributed by atoms with E-state index in [4.69, 9.17) is 28.4 Å². The van der Waals surface area contributed by atoms with Gasteiger partial charge in [-0.05, 0) is 32.9 Å². The lowest BCUT2D eigenvalue weighted by atomic mass is 10.1. The van der Waals surface area contributed by atoms with Crippen molar-refractivity contribution < 1.29 is 33.2 Å². The largest absolute Gasteiger partial charge is 0.493 e. The molecule has 1 aromatic rings. The van der Waals surface area contributed by atoms with Crippen LogP contribution in [0.2, 0.25) is 0 Å². The van der Waals surface area contributed by atoms with Crippen molar-refractivity contribution in [1.29, 1.82) is 0 Å². The molecule has 2 atom stereocenters. The van der Waals surface area contributed by atoms with Crippen LogP contribution in [0.5, 0.6) is 17.2 Å². The lowest BCUT2D eigenvalue weighted by Gasteiger charge is -2.21. The van der Waals surface area contributed by atoms with Gasteiger partial charge in [0.25, 0.3) is 0 Å². The third-order valence-electron chi connectivity index (χ3n) is 3.75. The summed E-state index contributed by atoms with van der Waals surface area (Å²) in [6.45, 7) is 5.78. The van der Waals surface area contributed by atoms with Crippen LogP contribution in [-0.2, 0) is 14.2 Å². The normalized spacial score (nSPS) is 20.3. The maximum atomic E-state index is 12.4. The van der Waals surface area contributed by atoms with E-state index in [0.29, 0.717) is 29.4 Å². The molecule has 1 unspecified atom stereocenters. The summed E-state index contributed by atoms with van der Waals surface area (Å²) in [6, 6.07) is 3.10. The molecule has 134 valence electrons.